The lowest BCUT2D eigenvalue weighted by Crippen LogP contribution is -2.45. The van der Waals surface area contributed by atoms with Crippen molar-refractivity contribution in [3.05, 3.63) is 29.8 Å². The molecule has 0 bridgehead atoms. The highest BCUT2D eigenvalue weighted by Crippen LogP contribution is 2.48. The van der Waals surface area contributed by atoms with Gasteiger partial charge in [-0.3, -0.25) is 0 Å². The molecule has 0 unspecified atom stereocenters. The first-order valence-electron chi connectivity index (χ1n) is 13.8. The quantitative estimate of drug-likeness (QED) is 0.520. The van der Waals surface area contributed by atoms with Crippen LogP contribution in [0.25, 0.3) is 0 Å². The summed E-state index contributed by atoms with van der Waals surface area (Å²) in [6.45, 7) is 3.83. The second kappa shape index (κ2) is 10.3. The molecule has 5 atom stereocenters. The van der Waals surface area contributed by atoms with Gasteiger partial charge in [0.25, 0.3) is 0 Å². The molecule has 2 aliphatic carbocycles. The van der Waals surface area contributed by atoms with Gasteiger partial charge in [-0.2, -0.15) is 0 Å². The largest absolute Gasteiger partial charge is 0.494 e. The molecule has 3 aliphatic heterocycles. The standard InChI is InChI=1S/C28H40O7/c1-2-17-29-21-11-9-20(10-12-21)18-30-24-23(22-19-31-27(33-22)13-5-3-6-14-27)32-26-25(24)34-28(35-26)15-7-4-8-16-28/h9-12,22-26H,2-8,13-19H2,1H3/t22-,23-,24+,25-,26-/m1/s1. The van der Waals surface area contributed by atoms with Gasteiger partial charge in [0.15, 0.2) is 17.9 Å². The van der Waals surface area contributed by atoms with E-state index in [1.54, 1.807) is 0 Å². The molecule has 2 saturated carbocycles. The van der Waals surface area contributed by atoms with Crippen LogP contribution in [0.5, 0.6) is 5.75 Å². The normalized spacial score (nSPS) is 35.5. The highest BCUT2D eigenvalue weighted by molar-refractivity contribution is 5.27. The summed E-state index contributed by atoms with van der Waals surface area (Å²) in [5.74, 6) is -0.0793. The van der Waals surface area contributed by atoms with Crippen LogP contribution in [0.2, 0.25) is 0 Å². The molecule has 1 aromatic carbocycles. The van der Waals surface area contributed by atoms with Gasteiger partial charge in [0.1, 0.15) is 30.2 Å². The Morgan fingerprint density at radius 2 is 1.54 bits per heavy atom. The third kappa shape index (κ3) is 5.00. The van der Waals surface area contributed by atoms with Gasteiger partial charge in [-0.15, -0.1) is 0 Å². The van der Waals surface area contributed by atoms with Gasteiger partial charge in [-0.25, -0.2) is 0 Å². The Balaban J connectivity index is 1.15. The third-order valence-electron chi connectivity index (χ3n) is 8.20. The Morgan fingerprint density at radius 3 is 2.26 bits per heavy atom. The van der Waals surface area contributed by atoms with Crippen LogP contribution in [-0.4, -0.2) is 55.5 Å². The number of fused-ring (bicyclic) bond motifs is 1. The van der Waals surface area contributed by atoms with Crippen LogP contribution < -0.4 is 4.74 Å². The minimum Gasteiger partial charge on any atom is -0.494 e. The van der Waals surface area contributed by atoms with Crippen LogP contribution in [0.15, 0.2) is 24.3 Å². The maximum atomic E-state index is 6.62. The molecule has 194 valence electrons. The minimum absolute atomic E-state index is 0.178. The molecule has 6 rings (SSSR count). The monoisotopic (exact) mass is 488 g/mol. The first kappa shape index (κ1) is 24.1. The molecule has 0 aromatic heterocycles. The minimum atomic E-state index is -0.518. The summed E-state index contributed by atoms with van der Waals surface area (Å²) in [4.78, 5) is 0. The Bertz CT molecular complexity index is 830. The van der Waals surface area contributed by atoms with Crippen molar-refractivity contribution in [3.8, 4) is 5.75 Å². The van der Waals surface area contributed by atoms with Crippen molar-refractivity contribution in [2.75, 3.05) is 13.2 Å². The second-order valence-electron chi connectivity index (χ2n) is 10.8. The highest BCUT2D eigenvalue weighted by Gasteiger charge is 2.61. The van der Waals surface area contributed by atoms with Crippen molar-refractivity contribution in [3.63, 3.8) is 0 Å². The lowest BCUT2D eigenvalue weighted by atomic mass is 9.94. The van der Waals surface area contributed by atoms with Crippen molar-refractivity contribution in [1.29, 1.82) is 0 Å². The summed E-state index contributed by atoms with van der Waals surface area (Å²) < 4.78 is 44.6. The van der Waals surface area contributed by atoms with Crippen LogP contribution >= 0.6 is 0 Å². The molecule has 0 N–H and O–H groups in total. The van der Waals surface area contributed by atoms with E-state index in [0.29, 0.717) is 13.2 Å². The van der Waals surface area contributed by atoms with Crippen molar-refractivity contribution in [2.24, 2.45) is 0 Å². The second-order valence-corrected chi connectivity index (χ2v) is 10.8. The number of hydrogen-bond donors (Lipinski definition) is 0. The summed E-state index contributed by atoms with van der Waals surface area (Å²) >= 11 is 0. The van der Waals surface area contributed by atoms with E-state index < -0.39 is 17.9 Å². The maximum absolute atomic E-state index is 6.62. The smallest absolute Gasteiger partial charge is 0.190 e. The number of ether oxygens (including phenoxy) is 7. The van der Waals surface area contributed by atoms with Gasteiger partial charge in [0.2, 0.25) is 0 Å². The van der Waals surface area contributed by atoms with Gasteiger partial charge < -0.3 is 33.2 Å². The Labute approximate surface area is 208 Å². The Morgan fingerprint density at radius 1 is 0.829 bits per heavy atom. The fourth-order valence-corrected chi connectivity index (χ4v) is 6.36. The van der Waals surface area contributed by atoms with Gasteiger partial charge >= 0.3 is 0 Å². The van der Waals surface area contributed by atoms with E-state index in [1.165, 1.54) is 12.8 Å². The molecular formula is C28H40O7. The molecule has 5 fully saturated rings. The van der Waals surface area contributed by atoms with Crippen molar-refractivity contribution < 1.29 is 33.2 Å². The first-order valence-corrected chi connectivity index (χ1v) is 13.8. The SMILES string of the molecule is CCCOc1ccc(CO[C@@H]2[C@H]3OC4(CCCCC4)O[C@H]3O[C@@H]2[C@H]2COC3(CCCCC3)O2)cc1. The van der Waals surface area contributed by atoms with Crippen LogP contribution in [0.3, 0.4) is 0 Å². The molecule has 5 aliphatic rings. The van der Waals surface area contributed by atoms with E-state index in [4.69, 9.17) is 33.2 Å². The molecule has 3 heterocycles. The average molecular weight is 489 g/mol. The summed E-state index contributed by atoms with van der Waals surface area (Å²) in [7, 11) is 0. The van der Waals surface area contributed by atoms with Crippen LogP contribution in [0.4, 0.5) is 0 Å². The lowest BCUT2D eigenvalue weighted by molar-refractivity contribution is -0.263. The summed E-state index contributed by atoms with van der Waals surface area (Å²) in [6.07, 6.45) is 10.4. The zero-order valence-corrected chi connectivity index (χ0v) is 21.0. The summed E-state index contributed by atoms with van der Waals surface area (Å²) in [5, 5.41) is 0. The van der Waals surface area contributed by atoms with E-state index in [2.05, 4.69) is 19.1 Å². The summed E-state index contributed by atoms with van der Waals surface area (Å²) in [6, 6.07) is 8.14. The predicted molar refractivity (Wildman–Crippen MR) is 128 cm³/mol. The van der Waals surface area contributed by atoms with E-state index in [-0.39, 0.29) is 24.4 Å². The van der Waals surface area contributed by atoms with Crippen molar-refractivity contribution in [1.82, 2.24) is 0 Å². The van der Waals surface area contributed by atoms with Crippen LogP contribution in [-0.2, 0) is 35.0 Å². The fourth-order valence-electron chi connectivity index (χ4n) is 6.36. The van der Waals surface area contributed by atoms with E-state index in [0.717, 1.165) is 75.7 Å². The Hall–Kier alpha value is -1.22. The number of hydrogen-bond acceptors (Lipinski definition) is 7. The topological polar surface area (TPSA) is 64.6 Å². The molecule has 1 aromatic rings. The zero-order valence-electron chi connectivity index (χ0n) is 21.0. The highest BCUT2D eigenvalue weighted by atomic mass is 16.9. The summed E-state index contributed by atoms with van der Waals surface area (Å²) in [5.41, 5.74) is 1.09. The van der Waals surface area contributed by atoms with Crippen LogP contribution in [0.1, 0.15) is 83.1 Å². The molecule has 7 nitrogen and oxygen atoms in total. The molecule has 7 heteroatoms. The molecular weight excluding hydrogens is 448 g/mol. The zero-order chi connectivity index (χ0) is 23.7. The van der Waals surface area contributed by atoms with Gasteiger partial charge in [0, 0.05) is 25.7 Å². The molecule has 2 spiro atoms. The fraction of sp³-hybridized carbons (Fsp3) is 0.786. The molecule has 3 saturated heterocycles. The average Bonchev–Trinajstić information content (AvgIpc) is 3.54. The molecule has 0 amide bonds. The van der Waals surface area contributed by atoms with Gasteiger partial charge in [-0.05, 0) is 49.8 Å². The maximum Gasteiger partial charge on any atom is 0.190 e. The van der Waals surface area contributed by atoms with Crippen molar-refractivity contribution in [2.45, 2.75) is 126 Å². The lowest BCUT2D eigenvalue weighted by Gasteiger charge is -2.35. The Kier molecular flexibility index (Phi) is 7.08. The third-order valence-corrected chi connectivity index (χ3v) is 8.20. The van der Waals surface area contributed by atoms with E-state index in [9.17, 15) is 0 Å². The van der Waals surface area contributed by atoms with Gasteiger partial charge in [0.05, 0.1) is 19.8 Å². The van der Waals surface area contributed by atoms with Gasteiger partial charge in [-0.1, -0.05) is 31.9 Å². The predicted octanol–water partition coefficient (Wildman–Crippen LogP) is 5.24. The van der Waals surface area contributed by atoms with Crippen molar-refractivity contribution >= 4 is 0 Å². The molecule has 0 radical (unpaired) electrons. The number of rotatable bonds is 7. The van der Waals surface area contributed by atoms with E-state index >= 15 is 0 Å². The number of benzene rings is 1. The molecule has 35 heavy (non-hydrogen) atoms. The van der Waals surface area contributed by atoms with E-state index in [1.807, 2.05) is 12.1 Å². The van der Waals surface area contributed by atoms with Crippen LogP contribution in [0, 0.1) is 0 Å². The first-order chi connectivity index (χ1) is 17.2.